The molecule has 4 nitrogen and oxygen atoms in total. The molecule has 0 unspecified atom stereocenters. The Balaban J connectivity index is 1.61. The predicted molar refractivity (Wildman–Crippen MR) is 107 cm³/mol. The summed E-state index contributed by atoms with van der Waals surface area (Å²) in [5, 5.41) is 2.97. The van der Waals surface area contributed by atoms with E-state index in [1.165, 1.54) is 0 Å². The molecule has 27 heavy (non-hydrogen) atoms. The first-order valence-electron chi connectivity index (χ1n) is 8.74. The molecule has 0 spiro atoms. The van der Waals surface area contributed by atoms with Gasteiger partial charge in [-0.3, -0.25) is 9.78 Å². The van der Waals surface area contributed by atoms with Crippen LogP contribution in [-0.2, 0) is 0 Å². The smallest absolute Gasteiger partial charge is 0.200 e. The molecule has 4 heteroatoms. The highest BCUT2D eigenvalue weighted by molar-refractivity contribution is 6.01. The van der Waals surface area contributed by atoms with Gasteiger partial charge in [0.15, 0.2) is 12.4 Å². The van der Waals surface area contributed by atoms with Crippen molar-refractivity contribution in [3.63, 3.8) is 0 Å². The topological polar surface area (TPSA) is 48.4 Å². The first-order valence-corrected chi connectivity index (χ1v) is 8.74. The second-order valence-corrected chi connectivity index (χ2v) is 6.42. The molecule has 0 bridgehead atoms. The number of aryl methyl sites for hydroxylation is 1. The zero-order chi connectivity index (χ0) is 18.8. The predicted octanol–water partition coefficient (Wildman–Crippen LogP) is 4.97. The number of nitrogens with zero attached hydrogens (tertiary/aromatic N) is 1. The van der Waals surface area contributed by atoms with E-state index >= 15 is 0 Å². The normalized spacial score (nSPS) is 10.9. The quantitative estimate of drug-likeness (QED) is 0.473. The maximum absolute atomic E-state index is 12.6. The lowest BCUT2D eigenvalue weighted by Gasteiger charge is -2.11. The van der Waals surface area contributed by atoms with Gasteiger partial charge in [0, 0.05) is 22.7 Å². The summed E-state index contributed by atoms with van der Waals surface area (Å²) < 4.78 is 11.2. The molecule has 0 aliphatic carbocycles. The number of hydrogen-bond acceptors (Lipinski definition) is 4. The Morgan fingerprint density at radius 2 is 1.78 bits per heavy atom. The number of ether oxygens (including phenoxy) is 2. The van der Waals surface area contributed by atoms with Crippen LogP contribution in [0.2, 0.25) is 0 Å². The summed E-state index contributed by atoms with van der Waals surface area (Å²) in [4.78, 5) is 17.2. The van der Waals surface area contributed by atoms with E-state index in [1.807, 2.05) is 73.7 Å². The van der Waals surface area contributed by atoms with Crippen molar-refractivity contribution < 1.29 is 14.3 Å². The molecule has 0 N–H and O–H groups in total. The molecule has 0 aliphatic rings. The van der Waals surface area contributed by atoms with Crippen LogP contribution in [0.25, 0.3) is 21.7 Å². The lowest BCUT2D eigenvalue weighted by atomic mass is 10.0. The summed E-state index contributed by atoms with van der Waals surface area (Å²) in [6.07, 6.45) is 0. The number of Topliss-reactive ketones (excluding diaryl/α,β-unsaturated/α-hetero) is 1. The third-order valence-electron chi connectivity index (χ3n) is 4.54. The van der Waals surface area contributed by atoms with Crippen molar-refractivity contribution in [2.24, 2.45) is 0 Å². The van der Waals surface area contributed by atoms with Crippen molar-refractivity contribution >= 4 is 27.5 Å². The molecule has 1 aromatic heterocycles. The summed E-state index contributed by atoms with van der Waals surface area (Å²) in [6, 6.07) is 21.1. The Labute approximate surface area is 157 Å². The fraction of sp³-hybridized carbons (Fsp3) is 0.130. The fourth-order valence-electron chi connectivity index (χ4n) is 3.14. The van der Waals surface area contributed by atoms with Gasteiger partial charge in [0.1, 0.15) is 11.5 Å². The molecular formula is C23H19NO3. The van der Waals surface area contributed by atoms with E-state index in [4.69, 9.17) is 9.47 Å². The molecule has 134 valence electrons. The number of methoxy groups -OCH3 is 1. The molecule has 0 saturated heterocycles. The van der Waals surface area contributed by atoms with Crippen molar-refractivity contribution in [1.82, 2.24) is 4.98 Å². The van der Waals surface area contributed by atoms with Gasteiger partial charge in [-0.1, -0.05) is 36.4 Å². The minimum atomic E-state index is -0.0636. The summed E-state index contributed by atoms with van der Waals surface area (Å²) in [5.74, 6) is 1.29. The number of aromatic nitrogens is 1. The van der Waals surface area contributed by atoms with Crippen molar-refractivity contribution in [1.29, 1.82) is 0 Å². The first-order chi connectivity index (χ1) is 13.1. The second kappa shape index (κ2) is 7.08. The van der Waals surface area contributed by atoms with E-state index < -0.39 is 0 Å². The van der Waals surface area contributed by atoms with E-state index in [0.717, 1.165) is 33.1 Å². The summed E-state index contributed by atoms with van der Waals surface area (Å²) in [6.45, 7) is 1.87. The lowest BCUT2D eigenvalue weighted by molar-refractivity contribution is 0.0922. The molecule has 0 amide bonds. The third-order valence-corrected chi connectivity index (χ3v) is 4.54. The van der Waals surface area contributed by atoms with Gasteiger partial charge in [0.25, 0.3) is 0 Å². The standard InChI is InChI=1S/C23H19NO3/c1-15-11-23(20-13-19(26-2)9-10-21(20)24-15)27-14-22(25)18-8-7-16-5-3-4-6-17(16)12-18/h3-13H,14H2,1-2H3. The number of hydrogen-bond donors (Lipinski definition) is 0. The highest BCUT2D eigenvalue weighted by atomic mass is 16.5. The monoisotopic (exact) mass is 357 g/mol. The minimum Gasteiger partial charge on any atom is -0.497 e. The Morgan fingerprint density at radius 3 is 2.59 bits per heavy atom. The lowest BCUT2D eigenvalue weighted by Crippen LogP contribution is -2.12. The van der Waals surface area contributed by atoms with E-state index in [2.05, 4.69) is 4.98 Å². The second-order valence-electron chi connectivity index (χ2n) is 6.42. The van der Waals surface area contributed by atoms with Gasteiger partial charge in [-0.25, -0.2) is 0 Å². The SMILES string of the molecule is COc1ccc2nc(C)cc(OCC(=O)c3ccc4ccccc4c3)c2c1. The largest absolute Gasteiger partial charge is 0.497 e. The van der Waals surface area contributed by atoms with Crippen LogP contribution >= 0.6 is 0 Å². The summed E-state index contributed by atoms with van der Waals surface area (Å²) >= 11 is 0. The number of pyridine rings is 1. The van der Waals surface area contributed by atoms with Crippen LogP contribution in [0, 0.1) is 6.92 Å². The summed E-state index contributed by atoms with van der Waals surface area (Å²) in [5.41, 5.74) is 2.28. The Morgan fingerprint density at radius 1 is 0.963 bits per heavy atom. The van der Waals surface area contributed by atoms with Crippen LogP contribution in [0.1, 0.15) is 16.1 Å². The van der Waals surface area contributed by atoms with E-state index in [0.29, 0.717) is 11.3 Å². The van der Waals surface area contributed by atoms with E-state index in [9.17, 15) is 4.79 Å². The maximum atomic E-state index is 12.6. The third kappa shape index (κ3) is 3.47. The molecule has 0 saturated carbocycles. The number of ketones is 1. The number of benzene rings is 3. The number of carbonyl (C=O) groups excluding carboxylic acids is 1. The zero-order valence-corrected chi connectivity index (χ0v) is 15.2. The molecule has 0 fully saturated rings. The van der Waals surface area contributed by atoms with Gasteiger partial charge in [-0.15, -0.1) is 0 Å². The Bertz CT molecular complexity index is 1150. The highest BCUT2D eigenvalue weighted by Gasteiger charge is 2.11. The molecule has 0 radical (unpaired) electrons. The van der Waals surface area contributed by atoms with Gasteiger partial charge in [0.05, 0.1) is 12.6 Å². The summed E-state index contributed by atoms with van der Waals surface area (Å²) in [7, 11) is 1.62. The highest BCUT2D eigenvalue weighted by Crippen LogP contribution is 2.29. The van der Waals surface area contributed by atoms with Crippen molar-refractivity contribution in [3.05, 3.63) is 78.0 Å². The molecule has 3 aromatic carbocycles. The first kappa shape index (κ1) is 17.0. The van der Waals surface area contributed by atoms with Crippen LogP contribution in [0.4, 0.5) is 0 Å². The van der Waals surface area contributed by atoms with E-state index in [-0.39, 0.29) is 12.4 Å². The van der Waals surface area contributed by atoms with Gasteiger partial charge in [-0.05, 0) is 42.0 Å². The molecular weight excluding hydrogens is 338 g/mol. The van der Waals surface area contributed by atoms with Gasteiger partial charge in [0.2, 0.25) is 0 Å². The van der Waals surface area contributed by atoms with Gasteiger partial charge >= 0.3 is 0 Å². The average Bonchev–Trinajstić information content (AvgIpc) is 2.71. The number of carbonyl (C=O) groups is 1. The molecule has 1 heterocycles. The maximum Gasteiger partial charge on any atom is 0.200 e. The average molecular weight is 357 g/mol. The van der Waals surface area contributed by atoms with Crippen LogP contribution in [0.15, 0.2) is 66.7 Å². The Hall–Kier alpha value is -3.40. The molecule has 4 rings (SSSR count). The zero-order valence-electron chi connectivity index (χ0n) is 15.2. The van der Waals surface area contributed by atoms with E-state index in [1.54, 1.807) is 7.11 Å². The van der Waals surface area contributed by atoms with Gasteiger partial charge < -0.3 is 9.47 Å². The minimum absolute atomic E-state index is 0.0336. The molecule has 0 atom stereocenters. The Kier molecular flexibility index (Phi) is 4.47. The van der Waals surface area contributed by atoms with Crippen molar-refractivity contribution in [3.8, 4) is 11.5 Å². The molecule has 4 aromatic rings. The number of rotatable bonds is 5. The van der Waals surface area contributed by atoms with Crippen molar-refractivity contribution in [2.75, 3.05) is 13.7 Å². The van der Waals surface area contributed by atoms with Gasteiger partial charge in [-0.2, -0.15) is 0 Å². The van der Waals surface area contributed by atoms with Crippen molar-refractivity contribution in [2.45, 2.75) is 6.92 Å². The van der Waals surface area contributed by atoms with Crippen LogP contribution in [0.5, 0.6) is 11.5 Å². The fourth-order valence-corrected chi connectivity index (χ4v) is 3.14. The molecule has 0 aliphatic heterocycles. The number of fused-ring (bicyclic) bond motifs is 2. The van der Waals surface area contributed by atoms with Crippen LogP contribution in [0.3, 0.4) is 0 Å². The van der Waals surface area contributed by atoms with Crippen LogP contribution < -0.4 is 9.47 Å². The van der Waals surface area contributed by atoms with Crippen LogP contribution in [-0.4, -0.2) is 24.5 Å².